The second-order valence-corrected chi connectivity index (χ2v) is 4.79. The van der Waals surface area contributed by atoms with Gasteiger partial charge < -0.3 is 4.55 Å². The second kappa shape index (κ2) is 4.37. The fourth-order valence-corrected chi connectivity index (χ4v) is 2.23. The van der Waals surface area contributed by atoms with Crippen molar-refractivity contribution in [3.63, 3.8) is 0 Å². The molecule has 0 unspecified atom stereocenters. The summed E-state index contributed by atoms with van der Waals surface area (Å²) in [6.07, 6.45) is 0.300. The van der Waals surface area contributed by atoms with Gasteiger partial charge in [0.2, 0.25) is 0 Å². The molecule has 0 heterocycles. The summed E-state index contributed by atoms with van der Waals surface area (Å²) in [5.74, 6) is -0.548. The number of benzene rings is 1. The van der Waals surface area contributed by atoms with E-state index in [2.05, 4.69) is 15.9 Å². The van der Waals surface area contributed by atoms with Crippen LogP contribution in [0.2, 0.25) is 0 Å². The van der Waals surface area contributed by atoms with Crippen LogP contribution < -0.4 is 0 Å². The Balaban J connectivity index is 3.29. The van der Waals surface area contributed by atoms with Gasteiger partial charge in [0, 0.05) is 5.33 Å². The lowest BCUT2D eigenvalue weighted by molar-refractivity contribution is 0.462. The van der Waals surface area contributed by atoms with Crippen molar-refractivity contribution in [2.45, 2.75) is 11.3 Å². The minimum Gasteiger partial charge on any atom is -0.744 e. The van der Waals surface area contributed by atoms with Crippen molar-refractivity contribution >= 4 is 26.0 Å². The molecule has 0 saturated carbocycles. The Morgan fingerprint density at radius 3 is 2.57 bits per heavy atom. The van der Waals surface area contributed by atoms with Crippen LogP contribution in [0.1, 0.15) is 5.56 Å². The molecule has 0 N–H and O–H groups in total. The second-order valence-electron chi connectivity index (χ2n) is 2.65. The Labute approximate surface area is 89.8 Å². The molecule has 0 amide bonds. The first-order valence-electron chi connectivity index (χ1n) is 3.75. The van der Waals surface area contributed by atoms with Gasteiger partial charge in [0.15, 0.2) is 0 Å². The summed E-state index contributed by atoms with van der Waals surface area (Å²) in [6, 6.07) is 3.02. The standard InChI is InChI=1S/C8H8BrFO3S/c9-4-3-6-5-7(10)1-2-8(6)14(11,12)13/h1-2,5H,3-4H2,(H,11,12,13)/p-1. The van der Waals surface area contributed by atoms with Crippen molar-refractivity contribution in [2.75, 3.05) is 5.33 Å². The molecule has 0 aliphatic heterocycles. The summed E-state index contributed by atoms with van der Waals surface area (Å²) in [7, 11) is -4.51. The highest BCUT2D eigenvalue weighted by molar-refractivity contribution is 9.09. The monoisotopic (exact) mass is 281 g/mol. The Morgan fingerprint density at radius 2 is 2.07 bits per heavy atom. The van der Waals surface area contributed by atoms with Crippen molar-refractivity contribution < 1.29 is 17.4 Å². The maximum Gasteiger partial charge on any atom is 0.124 e. The minimum atomic E-state index is -4.51. The molecule has 0 aliphatic carbocycles. The van der Waals surface area contributed by atoms with Crippen LogP contribution in [0.5, 0.6) is 0 Å². The molecule has 0 spiro atoms. The molecule has 1 rings (SSSR count). The molecule has 0 atom stereocenters. The number of rotatable bonds is 3. The molecule has 0 saturated heterocycles. The number of hydrogen-bond donors (Lipinski definition) is 0. The molecule has 1 aromatic rings. The van der Waals surface area contributed by atoms with Crippen LogP contribution in [0.25, 0.3) is 0 Å². The van der Waals surface area contributed by atoms with Crippen molar-refractivity contribution in [1.82, 2.24) is 0 Å². The Hall–Kier alpha value is -0.460. The van der Waals surface area contributed by atoms with Gasteiger partial charge in [0.1, 0.15) is 15.9 Å². The highest BCUT2D eigenvalue weighted by atomic mass is 79.9. The number of hydrogen-bond acceptors (Lipinski definition) is 3. The molecular formula is C8H7BrFO3S-. The third kappa shape index (κ3) is 2.76. The lowest BCUT2D eigenvalue weighted by atomic mass is 10.2. The van der Waals surface area contributed by atoms with E-state index in [-0.39, 0.29) is 10.5 Å². The molecule has 0 radical (unpaired) electrons. The van der Waals surface area contributed by atoms with Crippen LogP contribution in [0.3, 0.4) is 0 Å². The van der Waals surface area contributed by atoms with Gasteiger partial charge in [-0.25, -0.2) is 12.8 Å². The third-order valence-corrected chi connectivity index (χ3v) is 2.99. The summed E-state index contributed by atoms with van der Waals surface area (Å²) in [5, 5.41) is 0.471. The van der Waals surface area contributed by atoms with Crippen LogP contribution >= 0.6 is 15.9 Å². The first kappa shape index (κ1) is 11.6. The van der Waals surface area contributed by atoms with E-state index in [0.717, 1.165) is 18.2 Å². The molecule has 14 heavy (non-hydrogen) atoms. The van der Waals surface area contributed by atoms with Crippen molar-refractivity contribution in [2.24, 2.45) is 0 Å². The molecule has 0 bridgehead atoms. The molecule has 0 aromatic heterocycles. The highest BCUT2D eigenvalue weighted by Crippen LogP contribution is 2.17. The van der Waals surface area contributed by atoms with Gasteiger partial charge in [-0.2, -0.15) is 0 Å². The quantitative estimate of drug-likeness (QED) is 0.626. The molecule has 78 valence electrons. The fourth-order valence-electron chi connectivity index (χ4n) is 1.09. The van der Waals surface area contributed by atoms with E-state index in [1.54, 1.807) is 0 Å². The van der Waals surface area contributed by atoms with Crippen LogP contribution in [0.4, 0.5) is 4.39 Å². The molecule has 1 aromatic carbocycles. The lowest BCUT2D eigenvalue weighted by Crippen LogP contribution is -2.04. The first-order chi connectivity index (χ1) is 6.45. The van der Waals surface area contributed by atoms with Gasteiger partial charge in [0.05, 0.1) is 4.90 Å². The summed E-state index contributed by atoms with van der Waals surface area (Å²) >= 11 is 3.09. The molecule has 0 aliphatic rings. The van der Waals surface area contributed by atoms with Crippen LogP contribution in [0.15, 0.2) is 23.1 Å². The van der Waals surface area contributed by atoms with Crippen LogP contribution in [0, 0.1) is 5.82 Å². The molecule has 3 nitrogen and oxygen atoms in total. The number of aryl methyl sites for hydroxylation is 1. The van der Waals surface area contributed by atoms with E-state index in [4.69, 9.17) is 0 Å². The normalized spacial score (nSPS) is 11.6. The number of alkyl halides is 1. The highest BCUT2D eigenvalue weighted by Gasteiger charge is 2.09. The SMILES string of the molecule is O=S(=O)([O-])c1ccc(F)cc1CCBr. The average Bonchev–Trinajstić information content (AvgIpc) is 2.02. The van der Waals surface area contributed by atoms with Gasteiger partial charge in [-0.15, -0.1) is 0 Å². The topological polar surface area (TPSA) is 57.2 Å². The van der Waals surface area contributed by atoms with Gasteiger partial charge in [-0.3, -0.25) is 0 Å². The Kier molecular flexibility index (Phi) is 3.63. The zero-order valence-corrected chi connectivity index (χ0v) is 9.44. The first-order valence-corrected chi connectivity index (χ1v) is 6.28. The van der Waals surface area contributed by atoms with Gasteiger partial charge in [0.25, 0.3) is 0 Å². The maximum absolute atomic E-state index is 12.7. The summed E-state index contributed by atoms with van der Waals surface area (Å²) < 4.78 is 45.0. The lowest BCUT2D eigenvalue weighted by Gasteiger charge is -2.11. The molecule has 6 heteroatoms. The van der Waals surface area contributed by atoms with E-state index in [0.29, 0.717) is 11.8 Å². The largest absolute Gasteiger partial charge is 0.744 e. The van der Waals surface area contributed by atoms with Crippen LogP contribution in [-0.4, -0.2) is 18.3 Å². The number of halogens is 2. The van der Waals surface area contributed by atoms with Gasteiger partial charge in [-0.05, 0) is 30.2 Å². The zero-order valence-electron chi connectivity index (χ0n) is 7.04. The van der Waals surface area contributed by atoms with E-state index < -0.39 is 15.9 Å². The predicted octanol–water partition coefficient (Wildman–Crippen LogP) is 1.67. The smallest absolute Gasteiger partial charge is 0.124 e. The van der Waals surface area contributed by atoms with Crippen LogP contribution in [-0.2, 0) is 16.5 Å². The predicted molar refractivity (Wildman–Crippen MR) is 51.9 cm³/mol. The van der Waals surface area contributed by atoms with Gasteiger partial charge in [-0.1, -0.05) is 15.9 Å². The van der Waals surface area contributed by atoms with E-state index in [1.807, 2.05) is 0 Å². The summed E-state index contributed by atoms with van der Waals surface area (Å²) in [5.41, 5.74) is 0.205. The Morgan fingerprint density at radius 1 is 1.43 bits per heavy atom. The summed E-state index contributed by atoms with van der Waals surface area (Å²) in [6.45, 7) is 0. The van der Waals surface area contributed by atoms with Crippen molar-refractivity contribution in [3.05, 3.63) is 29.6 Å². The maximum atomic E-state index is 12.7. The molecule has 0 fully saturated rings. The van der Waals surface area contributed by atoms with Crippen molar-refractivity contribution in [1.29, 1.82) is 0 Å². The zero-order chi connectivity index (χ0) is 10.8. The molecular weight excluding hydrogens is 275 g/mol. The van der Waals surface area contributed by atoms with E-state index in [1.165, 1.54) is 0 Å². The summed E-state index contributed by atoms with van der Waals surface area (Å²) in [4.78, 5) is -0.349. The third-order valence-electron chi connectivity index (χ3n) is 1.66. The van der Waals surface area contributed by atoms with Gasteiger partial charge >= 0.3 is 0 Å². The fraction of sp³-hybridized carbons (Fsp3) is 0.250. The minimum absolute atomic E-state index is 0.205. The van der Waals surface area contributed by atoms with E-state index >= 15 is 0 Å². The Bertz CT molecular complexity index is 430. The van der Waals surface area contributed by atoms with Crippen molar-refractivity contribution in [3.8, 4) is 0 Å². The van der Waals surface area contributed by atoms with E-state index in [9.17, 15) is 17.4 Å². The average molecular weight is 282 g/mol.